The number of aromatic nitrogens is 5. The highest BCUT2D eigenvalue weighted by Crippen LogP contribution is 2.30. The van der Waals surface area contributed by atoms with Gasteiger partial charge >= 0.3 is 5.97 Å². The van der Waals surface area contributed by atoms with Gasteiger partial charge in [0.15, 0.2) is 0 Å². The summed E-state index contributed by atoms with van der Waals surface area (Å²) in [6.45, 7) is 2.08. The van der Waals surface area contributed by atoms with Crippen LogP contribution in [0.25, 0.3) is 28.0 Å². The molecule has 2 heterocycles. The van der Waals surface area contributed by atoms with Gasteiger partial charge in [0.25, 0.3) is 0 Å². The van der Waals surface area contributed by atoms with Crippen molar-refractivity contribution in [1.29, 1.82) is 0 Å². The van der Waals surface area contributed by atoms with Crippen LogP contribution < -0.4 is 0 Å². The number of carbonyl (C=O) groups is 1. The molecular weight excluding hydrogens is 410 g/mol. The molecule has 1 N–H and O–H groups in total. The zero-order chi connectivity index (χ0) is 19.0. The molecule has 1 unspecified atom stereocenters. The number of hydrogen-bond acceptors (Lipinski definition) is 5. The topological polar surface area (TPSA) is 85.7 Å². The second-order valence-corrected chi connectivity index (χ2v) is 7.45. The highest BCUT2D eigenvalue weighted by atomic mass is 79.9. The van der Waals surface area contributed by atoms with Gasteiger partial charge in [-0.25, -0.2) is 9.48 Å². The fourth-order valence-electron chi connectivity index (χ4n) is 2.84. The number of fused-ring (bicyclic) bond motifs is 1. The van der Waals surface area contributed by atoms with Gasteiger partial charge in [-0.3, -0.25) is 5.10 Å². The largest absolute Gasteiger partial charge is 0.465 e. The number of carbonyl (C=O) groups excluding carboxylic acids is 1. The van der Waals surface area contributed by atoms with Crippen LogP contribution in [0.3, 0.4) is 0 Å². The van der Waals surface area contributed by atoms with Crippen LogP contribution in [0.5, 0.6) is 0 Å². The van der Waals surface area contributed by atoms with Gasteiger partial charge in [0.2, 0.25) is 0 Å². The van der Waals surface area contributed by atoms with Crippen molar-refractivity contribution in [1.82, 2.24) is 25.2 Å². The Morgan fingerprint density at radius 2 is 2.00 bits per heavy atom. The lowest BCUT2D eigenvalue weighted by Gasteiger charge is -2.03. The Labute approximate surface area is 163 Å². The third-order valence-electron chi connectivity index (χ3n) is 4.34. The number of alkyl halides is 1. The highest BCUT2D eigenvalue weighted by Gasteiger charge is 2.14. The molecule has 0 fully saturated rings. The maximum Gasteiger partial charge on any atom is 0.337 e. The average molecular weight is 426 g/mol. The Kier molecular flexibility index (Phi) is 4.49. The van der Waals surface area contributed by atoms with Crippen LogP contribution in [-0.2, 0) is 4.74 Å². The molecule has 8 heteroatoms. The SMILES string of the molecule is COC(=O)c1ccc(-n2cc(-c3n[nH]c4ccc(C(C)Br)cc34)nn2)cc1. The molecule has 0 aliphatic heterocycles. The lowest BCUT2D eigenvalue weighted by atomic mass is 10.1. The van der Waals surface area contributed by atoms with Crippen molar-refractivity contribution in [3.63, 3.8) is 0 Å². The van der Waals surface area contributed by atoms with Crippen molar-refractivity contribution in [2.75, 3.05) is 7.11 Å². The van der Waals surface area contributed by atoms with Crippen molar-refractivity contribution in [2.45, 2.75) is 11.8 Å². The Hall–Kier alpha value is -3.00. The van der Waals surface area contributed by atoms with E-state index in [2.05, 4.69) is 55.5 Å². The van der Waals surface area contributed by atoms with E-state index in [0.29, 0.717) is 11.3 Å². The van der Waals surface area contributed by atoms with E-state index in [1.54, 1.807) is 28.9 Å². The number of benzene rings is 2. The minimum absolute atomic E-state index is 0.244. The summed E-state index contributed by atoms with van der Waals surface area (Å²) >= 11 is 3.60. The van der Waals surface area contributed by atoms with Crippen molar-refractivity contribution >= 4 is 32.8 Å². The molecule has 4 aromatic rings. The van der Waals surface area contributed by atoms with Gasteiger partial charge in [-0.15, -0.1) is 5.10 Å². The van der Waals surface area contributed by atoms with E-state index in [4.69, 9.17) is 4.74 Å². The minimum atomic E-state index is -0.374. The smallest absolute Gasteiger partial charge is 0.337 e. The fourth-order valence-corrected chi connectivity index (χ4v) is 3.13. The molecule has 0 amide bonds. The van der Waals surface area contributed by atoms with Crippen LogP contribution in [0.1, 0.15) is 27.7 Å². The van der Waals surface area contributed by atoms with Crippen molar-refractivity contribution < 1.29 is 9.53 Å². The van der Waals surface area contributed by atoms with Crippen LogP contribution in [0, 0.1) is 0 Å². The molecule has 0 aliphatic rings. The number of ether oxygens (including phenoxy) is 1. The van der Waals surface area contributed by atoms with Gasteiger partial charge in [-0.2, -0.15) is 5.10 Å². The van der Waals surface area contributed by atoms with Crippen LogP contribution in [0.4, 0.5) is 0 Å². The molecule has 4 rings (SSSR count). The Bertz CT molecular complexity index is 1110. The lowest BCUT2D eigenvalue weighted by Crippen LogP contribution is -2.02. The van der Waals surface area contributed by atoms with E-state index >= 15 is 0 Å². The maximum atomic E-state index is 11.5. The molecule has 2 aromatic heterocycles. The van der Waals surface area contributed by atoms with E-state index in [-0.39, 0.29) is 10.8 Å². The summed E-state index contributed by atoms with van der Waals surface area (Å²) < 4.78 is 6.36. The molecule has 0 aliphatic carbocycles. The van der Waals surface area contributed by atoms with Gasteiger partial charge < -0.3 is 4.74 Å². The van der Waals surface area contributed by atoms with Gasteiger partial charge in [0.05, 0.1) is 30.1 Å². The second kappa shape index (κ2) is 6.96. The summed E-state index contributed by atoms with van der Waals surface area (Å²) in [4.78, 5) is 11.8. The highest BCUT2D eigenvalue weighted by molar-refractivity contribution is 9.09. The third kappa shape index (κ3) is 3.23. The van der Waals surface area contributed by atoms with E-state index in [9.17, 15) is 4.79 Å². The Morgan fingerprint density at radius 1 is 1.22 bits per heavy atom. The molecule has 0 saturated carbocycles. The molecule has 0 spiro atoms. The normalized spacial score (nSPS) is 12.3. The van der Waals surface area contributed by atoms with Crippen molar-refractivity contribution in [2.24, 2.45) is 0 Å². The van der Waals surface area contributed by atoms with E-state index < -0.39 is 0 Å². The lowest BCUT2D eigenvalue weighted by molar-refractivity contribution is 0.0600. The summed E-state index contributed by atoms with van der Waals surface area (Å²) in [5.74, 6) is -0.374. The van der Waals surface area contributed by atoms with E-state index in [1.807, 2.05) is 12.3 Å². The Morgan fingerprint density at radius 3 is 2.70 bits per heavy atom. The molecule has 1 atom stereocenters. The number of aromatic amines is 1. The first kappa shape index (κ1) is 17.4. The Balaban J connectivity index is 1.69. The molecule has 0 saturated heterocycles. The molecule has 0 radical (unpaired) electrons. The minimum Gasteiger partial charge on any atom is -0.465 e. The summed E-state index contributed by atoms with van der Waals surface area (Å²) in [7, 11) is 1.36. The predicted molar refractivity (Wildman–Crippen MR) is 105 cm³/mol. The number of hydrogen-bond donors (Lipinski definition) is 1. The number of H-pyrrole nitrogens is 1. The van der Waals surface area contributed by atoms with E-state index in [0.717, 1.165) is 27.8 Å². The van der Waals surface area contributed by atoms with Crippen LogP contribution in [-0.4, -0.2) is 38.3 Å². The fraction of sp³-hybridized carbons (Fsp3) is 0.158. The first-order valence-electron chi connectivity index (χ1n) is 8.30. The molecule has 136 valence electrons. The van der Waals surface area contributed by atoms with Crippen LogP contribution in [0.15, 0.2) is 48.7 Å². The first-order valence-corrected chi connectivity index (χ1v) is 9.22. The van der Waals surface area contributed by atoms with Gasteiger partial charge in [-0.1, -0.05) is 27.2 Å². The number of methoxy groups -OCH3 is 1. The number of nitrogens with one attached hydrogen (secondary N) is 1. The molecule has 0 bridgehead atoms. The number of esters is 1. The third-order valence-corrected chi connectivity index (χ3v) is 4.86. The van der Waals surface area contributed by atoms with Gasteiger partial charge in [-0.05, 0) is 48.9 Å². The number of halogens is 1. The summed E-state index contributed by atoms with van der Waals surface area (Å²) in [5.41, 5.74) is 4.79. The van der Waals surface area contributed by atoms with Gasteiger partial charge in [0.1, 0.15) is 11.4 Å². The van der Waals surface area contributed by atoms with Crippen LogP contribution in [0.2, 0.25) is 0 Å². The first-order chi connectivity index (χ1) is 13.1. The predicted octanol–water partition coefficient (Wildman–Crippen LogP) is 4.05. The summed E-state index contributed by atoms with van der Waals surface area (Å²) in [6, 6.07) is 13.1. The van der Waals surface area contributed by atoms with Crippen molar-refractivity contribution in [3.8, 4) is 17.1 Å². The molecule has 2 aromatic carbocycles. The molecule has 27 heavy (non-hydrogen) atoms. The van der Waals surface area contributed by atoms with Gasteiger partial charge in [0, 0.05) is 10.2 Å². The summed E-state index contributed by atoms with van der Waals surface area (Å²) in [5, 5.41) is 16.9. The van der Waals surface area contributed by atoms with E-state index in [1.165, 1.54) is 7.11 Å². The molecular formula is C19H16BrN5O2. The monoisotopic (exact) mass is 425 g/mol. The maximum absolute atomic E-state index is 11.5. The number of nitrogens with zero attached hydrogens (tertiary/aromatic N) is 4. The zero-order valence-corrected chi connectivity index (χ0v) is 16.3. The zero-order valence-electron chi connectivity index (χ0n) is 14.7. The number of rotatable bonds is 4. The molecule has 7 nitrogen and oxygen atoms in total. The van der Waals surface area contributed by atoms with Crippen LogP contribution >= 0.6 is 15.9 Å². The average Bonchev–Trinajstić information content (AvgIpc) is 3.33. The van der Waals surface area contributed by atoms with Crippen molar-refractivity contribution in [3.05, 3.63) is 59.8 Å². The second-order valence-electron chi connectivity index (χ2n) is 6.08. The summed E-state index contributed by atoms with van der Waals surface area (Å²) in [6.07, 6.45) is 1.81. The quantitative estimate of drug-likeness (QED) is 0.393. The standard InChI is InChI=1S/C19H16BrN5O2/c1-11(20)13-5-8-16-15(9-13)18(23-21-16)17-10-25(24-22-17)14-6-3-12(4-7-14)19(26)27-2/h3-11H,1-2H3,(H,21,23).